The molecule has 0 radical (unpaired) electrons. The molecular formula is C12H24O3. The van der Waals surface area contributed by atoms with Crippen molar-refractivity contribution < 1.29 is 14.3 Å². The summed E-state index contributed by atoms with van der Waals surface area (Å²) < 4.78 is 10.3. The third-order valence-corrected chi connectivity index (χ3v) is 2.27. The first-order valence-electron chi connectivity index (χ1n) is 5.49. The van der Waals surface area contributed by atoms with Crippen LogP contribution in [0.3, 0.4) is 0 Å². The summed E-state index contributed by atoms with van der Waals surface area (Å²) in [6.45, 7) is 10.4. The molecule has 0 amide bonds. The molecule has 0 spiro atoms. The molecule has 0 aromatic carbocycles. The van der Waals surface area contributed by atoms with Crippen LogP contribution in [0.5, 0.6) is 0 Å². The maximum absolute atomic E-state index is 11.4. The molecule has 0 heterocycles. The third-order valence-electron chi connectivity index (χ3n) is 2.27. The van der Waals surface area contributed by atoms with Crippen LogP contribution >= 0.6 is 0 Å². The largest absolute Gasteiger partial charge is 0.469 e. The SMILES string of the molecule is COC(=O)C(C)(C)COC(C)CC(C)C. The van der Waals surface area contributed by atoms with Crippen LogP contribution in [0.2, 0.25) is 0 Å². The lowest BCUT2D eigenvalue weighted by Crippen LogP contribution is -2.32. The van der Waals surface area contributed by atoms with E-state index in [9.17, 15) is 4.79 Å². The Labute approximate surface area is 93.1 Å². The van der Waals surface area contributed by atoms with Crippen molar-refractivity contribution in [2.45, 2.75) is 47.1 Å². The highest BCUT2D eigenvalue weighted by Gasteiger charge is 2.29. The summed E-state index contributed by atoms with van der Waals surface area (Å²) in [4.78, 5) is 11.4. The van der Waals surface area contributed by atoms with Crippen molar-refractivity contribution in [2.24, 2.45) is 11.3 Å². The molecular weight excluding hydrogens is 192 g/mol. The maximum Gasteiger partial charge on any atom is 0.313 e. The van der Waals surface area contributed by atoms with Gasteiger partial charge in [-0.25, -0.2) is 0 Å². The molecule has 0 saturated heterocycles. The number of hydrogen-bond acceptors (Lipinski definition) is 3. The Hall–Kier alpha value is -0.570. The molecule has 0 aromatic rings. The van der Waals surface area contributed by atoms with Gasteiger partial charge in [0.05, 0.1) is 25.2 Å². The molecule has 0 saturated carbocycles. The van der Waals surface area contributed by atoms with Crippen LogP contribution in [-0.2, 0) is 14.3 Å². The van der Waals surface area contributed by atoms with E-state index in [1.807, 2.05) is 20.8 Å². The van der Waals surface area contributed by atoms with Gasteiger partial charge < -0.3 is 9.47 Å². The molecule has 3 nitrogen and oxygen atoms in total. The van der Waals surface area contributed by atoms with Crippen molar-refractivity contribution in [1.29, 1.82) is 0 Å². The lowest BCUT2D eigenvalue weighted by Gasteiger charge is -2.24. The van der Waals surface area contributed by atoms with E-state index in [1.165, 1.54) is 7.11 Å². The molecule has 0 aromatic heterocycles. The second kappa shape index (κ2) is 6.11. The van der Waals surface area contributed by atoms with E-state index in [0.29, 0.717) is 12.5 Å². The predicted octanol–water partition coefficient (Wildman–Crippen LogP) is 2.64. The van der Waals surface area contributed by atoms with E-state index in [4.69, 9.17) is 9.47 Å². The van der Waals surface area contributed by atoms with E-state index >= 15 is 0 Å². The number of esters is 1. The molecule has 0 bridgehead atoms. The standard InChI is InChI=1S/C12H24O3/c1-9(2)7-10(3)15-8-12(4,5)11(13)14-6/h9-10H,7-8H2,1-6H3. The van der Waals surface area contributed by atoms with Crippen molar-refractivity contribution in [3.63, 3.8) is 0 Å². The number of methoxy groups -OCH3 is 1. The normalized spacial score (nSPS) is 14.1. The number of ether oxygens (including phenoxy) is 2. The second-order valence-corrected chi connectivity index (χ2v) is 5.13. The highest BCUT2D eigenvalue weighted by Crippen LogP contribution is 2.19. The van der Waals surface area contributed by atoms with Crippen molar-refractivity contribution in [2.75, 3.05) is 13.7 Å². The van der Waals surface area contributed by atoms with Crippen LogP contribution in [-0.4, -0.2) is 25.8 Å². The highest BCUT2D eigenvalue weighted by molar-refractivity contribution is 5.75. The number of hydrogen-bond donors (Lipinski definition) is 0. The first kappa shape index (κ1) is 14.4. The van der Waals surface area contributed by atoms with Gasteiger partial charge in [-0.2, -0.15) is 0 Å². The van der Waals surface area contributed by atoms with Crippen LogP contribution < -0.4 is 0 Å². The van der Waals surface area contributed by atoms with Crippen molar-refractivity contribution >= 4 is 5.97 Å². The Bertz CT molecular complexity index is 197. The average molecular weight is 216 g/mol. The highest BCUT2D eigenvalue weighted by atomic mass is 16.5. The fourth-order valence-electron chi connectivity index (χ4n) is 1.42. The summed E-state index contributed by atoms with van der Waals surface area (Å²) in [6, 6.07) is 0. The van der Waals surface area contributed by atoms with Gasteiger partial charge >= 0.3 is 5.97 Å². The Morgan fingerprint density at radius 3 is 2.20 bits per heavy atom. The third kappa shape index (κ3) is 5.78. The lowest BCUT2D eigenvalue weighted by molar-refractivity contribution is -0.155. The van der Waals surface area contributed by atoms with E-state index in [2.05, 4.69) is 13.8 Å². The van der Waals surface area contributed by atoms with Crippen LogP contribution in [0, 0.1) is 11.3 Å². The van der Waals surface area contributed by atoms with Crippen LogP contribution in [0.1, 0.15) is 41.0 Å². The average Bonchev–Trinajstić information content (AvgIpc) is 2.12. The number of carbonyl (C=O) groups is 1. The quantitative estimate of drug-likeness (QED) is 0.640. The van der Waals surface area contributed by atoms with Gasteiger partial charge in [-0.3, -0.25) is 4.79 Å². The Balaban J connectivity index is 3.98. The van der Waals surface area contributed by atoms with Gasteiger partial charge in [0.15, 0.2) is 0 Å². The summed E-state index contributed by atoms with van der Waals surface area (Å²) in [5.74, 6) is 0.389. The first-order valence-corrected chi connectivity index (χ1v) is 5.49. The van der Waals surface area contributed by atoms with Gasteiger partial charge in [0.1, 0.15) is 0 Å². The monoisotopic (exact) mass is 216 g/mol. The van der Waals surface area contributed by atoms with E-state index in [0.717, 1.165) is 6.42 Å². The van der Waals surface area contributed by atoms with Gasteiger partial charge in [0.25, 0.3) is 0 Å². The minimum atomic E-state index is -0.556. The zero-order valence-corrected chi connectivity index (χ0v) is 10.8. The minimum absolute atomic E-state index is 0.189. The van der Waals surface area contributed by atoms with Crippen molar-refractivity contribution in [3.8, 4) is 0 Å². The van der Waals surface area contributed by atoms with Gasteiger partial charge in [0, 0.05) is 0 Å². The molecule has 0 aliphatic carbocycles. The van der Waals surface area contributed by atoms with E-state index in [1.54, 1.807) is 0 Å². The van der Waals surface area contributed by atoms with Crippen LogP contribution in [0.4, 0.5) is 0 Å². The predicted molar refractivity (Wildman–Crippen MR) is 60.7 cm³/mol. The molecule has 3 heteroatoms. The first-order chi connectivity index (χ1) is 6.79. The van der Waals surface area contributed by atoms with Gasteiger partial charge in [-0.1, -0.05) is 13.8 Å². The van der Waals surface area contributed by atoms with E-state index in [-0.39, 0.29) is 12.1 Å². The van der Waals surface area contributed by atoms with Gasteiger partial charge in [-0.15, -0.1) is 0 Å². The Kier molecular flexibility index (Phi) is 5.88. The van der Waals surface area contributed by atoms with Gasteiger partial charge in [-0.05, 0) is 33.1 Å². The fourth-order valence-corrected chi connectivity index (χ4v) is 1.42. The molecule has 0 aliphatic heterocycles. The summed E-state index contributed by atoms with van der Waals surface area (Å²) in [5, 5.41) is 0. The van der Waals surface area contributed by atoms with Gasteiger partial charge in [0.2, 0.25) is 0 Å². The summed E-state index contributed by atoms with van der Waals surface area (Å²) in [5.41, 5.74) is -0.556. The molecule has 15 heavy (non-hydrogen) atoms. The topological polar surface area (TPSA) is 35.5 Å². The molecule has 1 unspecified atom stereocenters. The van der Waals surface area contributed by atoms with Crippen molar-refractivity contribution in [1.82, 2.24) is 0 Å². The molecule has 0 aliphatic rings. The smallest absolute Gasteiger partial charge is 0.313 e. The zero-order chi connectivity index (χ0) is 12.1. The maximum atomic E-state index is 11.4. The molecule has 0 rings (SSSR count). The zero-order valence-electron chi connectivity index (χ0n) is 10.8. The number of rotatable bonds is 6. The fraction of sp³-hybridized carbons (Fsp3) is 0.917. The van der Waals surface area contributed by atoms with Crippen LogP contribution in [0.15, 0.2) is 0 Å². The van der Waals surface area contributed by atoms with E-state index < -0.39 is 5.41 Å². The summed E-state index contributed by atoms with van der Waals surface area (Å²) >= 11 is 0. The minimum Gasteiger partial charge on any atom is -0.469 e. The number of carbonyl (C=O) groups excluding carboxylic acids is 1. The van der Waals surface area contributed by atoms with Crippen molar-refractivity contribution in [3.05, 3.63) is 0 Å². The molecule has 1 atom stereocenters. The van der Waals surface area contributed by atoms with Crippen LogP contribution in [0.25, 0.3) is 0 Å². The Morgan fingerprint density at radius 1 is 1.27 bits per heavy atom. The summed E-state index contributed by atoms with van der Waals surface area (Å²) in [6.07, 6.45) is 1.20. The second-order valence-electron chi connectivity index (χ2n) is 5.13. The molecule has 0 N–H and O–H groups in total. The molecule has 0 fully saturated rings. The Morgan fingerprint density at radius 2 is 1.80 bits per heavy atom. The molecule has 90 valence electrons. The summed E-state index contributed by atoms with van der Waals surface area (Å²) in [7, 11) is 1.40. The lowest BCUT2D eigenvalue weighted by atomic mass is 9.95.